The van der Waals surface area contributed by atoms with Crippen LogP contribution in [0.15, 0.2) is 0 Å². The summed E-state index contributed by atoms with van der Waals surface area (Å²) in [4.78, 5) is 22.6. The highest BCUT2D eigenvalue weighted by atomic mass is 16.2. The number of nitrogens with one attached hydrogen (secondary N) is 2. The Morgan fingerprint density at radius 3 is 1.53 bits per heavy atom. The maximum absolute atomic E-state index is 11.3. The van der Waals surface area contributed by atoms with E-state index < -0.39 is 12.1 Å². The lowest BCUT2D eigenvalue weighted by Gasteiger charge is -2.26. The van der Waals surface area contributed by atoms with E-state index in [1.165, 1.54) is 0 Å². The molecular formula is C11H24N4O2. The highest BCUT2D eigenvalue weighted by Crippen LogP contribution is 2.11. The molecule has 6 N–H and O–H groups in total. The fourth-order valence-electron chi connectivity index (χ4n) is 1.04. The molecule has 0 aliphatic carbocycles. The summed E-state index contributed by atoms with van der Waals surface area (Å²) >= 11 is 0. The molecule has 6 nitrogen and oxygen atoms in total. The zero-order valence-corrected chi connectivity index (χ0v) is 11.0. The van der Waals surface area contributed by atoms with Crippen LogP contribution in [-0.4, -0.2) is 37.0 Å². The molecule has 6 heteroatoms. The van der Waals surface area contributed by atoms with Gasteiger partial charge < -0.3 is 22.1 Å². The lowest BCUT2D eigenvalue weighted by Crippen LogP contribution is -2.48. The van der Waals surface area contributed by atoms with Crippen molar-refractivity contribution in [2.45, 2.75) is 39.8 Å². The zero-order chi connectivity index (χ0) is 13.6. The number of nitrogens with two attached hydrogens (primary N) is 2. The van der Waals surface area contributed by atoms with Crippen LogP contribution in [0.2, 0.25) is 0 Å². The van der Waals surface area contributed by atoms with Crippen LogP contribution in [-0.2, 0) is 9.59 Å². The third-order valence-corrected chi connectivity index (χ3v) is 2.31. The Balaban J connectivity index is 4.04. The molecule has 2 amide bonds. The van der Waals surface area contributed by atoms with Gasteiger partial charge in [0.25, 0.3) is 0 Å². The Morgan fingerprint density at radius 2 is 1.29 bits per heavy atom. The number of rotatable bonds is 6. The molecule has 0 rings (SSSR count). The van der Waals surface area contributed by atoms with Gasteiger partial charge >= 0.3 is 0 Å². The van der Waals surface area contributed by atoms with Gasteiger partial charge in [0.15, 0.2) is 0 Å². The Hall–Kier alpha value is -1.14. The van der Waals surface area contributed by atoms with E-state index in [0.29, 0.717) is 13.1 Å². The van der Waals surface area contributed by atoms with Crippen molar-refractivity contribution in [2.75, 3.05) is 13.1 Å². The monoisotopic (exact) mass is 244 g/mol. The van der Waals surface area contributed by atoms with Gasteiger partial charge in [0.1, 0.15) is 0 Å². The molecule has 0 bridgehead atoms. The van der Waals surface area contributed by atoms with Crippen molar-refractivity contribution < 1.29 is 9.59 Å². The quantitative estimate of drug-likeness (QED) is 0.477. The second-order valence-corrected chi connectivity index (χ2v) is 5.18. The van der Waals surface area contributed by atoms with E-state index in [2.05, 4.69) is 10.6 Å². The van der Waals surface area contributed by atoms with E-state index in [9.17, 15) is 9.59 Å². The number of hydrogen-bond donors (Lipinski definition) is 4. The van der Waals surface area contributed by atoms with Crippen LogP contribution >= 0.6 is 0 Å². The first-order valence-electron chi connectivity index (χ1n) is 5.72. The summed E-state index contributed by atoms with van der Waals surface area (Å²) < 4.78 is 0. The molecule has 0 aromatic rings. The first-order chi connectivity index (χ1) is 7.65. The van der Waals surface area contributed by atoms with Crippen LogP contribution in [0.3, 0.4) is 0 Å². The average molecular weight is 244 g/mol. The van der Waals surface area contributed by atoms with Crippen LogP contribution < -0.4 is 22.1 Å². The van der Waals surface area contributed by atoms with Gasteiger partial charge in [-0.2, -0.15) is 0 Å². The Morgan fingerprint density at radius 1 is 1.00 bits per heavy atom. The lowest BCUT2D eigenvalue weighted by molar-refractivity contribution is -0.122. The highest BCUT2D eigenvalue weighted by Gasteiger charge is 2.21. The van der Waals surface area contributed by atoms with Gasteiger partial charge in [-0.05, 0) is 19.3 Å². The summed E-state index contributed by atoms with van der Waals surface area (Å²) in [7, 11) is 0. The van der Waals surface area contributed by atoms with Crippen molar-refractivity contribution in [3.8, 4) is 0 Å². The van der Waals surface area contributed by atoms with Crippen LogP contribution in [0.5, 0.6) is 0 Å². The smallest absolute Gasteiger partial charge is 0.236 e. The largest absolute Gasteiger partial charge is 0.354 e. The second kappa shape index (κ2) is 6.56. The van der Waals surface area contributed by atoms with Gasteiger partial charge in [0.05, 0.1) is 12.1 Å². The van der Waals surface area contributed by atoms with Crippen LogP contribution in [0.4, 0.5) is 0 Å². The van der Waals surface area contributed by atoms with E-state index in [0.717, 1.165) is 0 Å². The number of hydrogen-bond acceptors (Lipinski definition) is 4. The zero-order valence-electron chi connectivity index (χ0n) is 11.0. The number of amides is 2. The summed E-state index contributed by atoms with van der Waals surface area (Å²) in [5, 5.41) is 5.46. The second-order valence-electron chi connectivity index (χ2n) is 5.18. The first-order valence-corrected chi connectivity index (χ1v) is 5.72. The minimum Gasteiger partial charge on any atom is -0.354 e. The minimum absolute atomic E-state index is 0.198. The van der Waals surface area contributed by atoms with E-state index in [4.69, 9.17) is 11.5 Å². The molecule has 0 aliphatic heterocycles. The van der Waals surface area contributed by atoms with E-state index in [-0.39, 0.29) is 17.2 Å². The molecule has 0 saturated heterocycles. The fraction of sp³-hybridized carbons (Fsp3) is 0.818. The van der Waals surface area contributed by atoms with Gasteiger partial charge in [-0.3, -0.25) is 9.59 Å². The van der Waals surface area contributed by atoms with Gasteiger partial charge in [0, 0.05) is 13.1 Å². The molecule has 0 radical (unpaired) electrons. The highest BCUT2D eigenvalue weighted by molar-refractivity contribution is 5.81. The van der Waals surface area contributed by atoms with Crippen molar-refractivity contribution in [3.63, 3.8) is 0 Å². The predicted molar refractivity (Wildman–Crippen MR) is 67.1 cm³/mol. The van der Waals surface area contributed by atoms with Crippen molar-refractivity contribution >= 4 is 11.8 Å². The van der Waals surface area contributed by atoms with E-state index in [1.807, 2.05) is 13.8 Å². The van der Waals surface area contributed by atoms with Crippen molar-refractivity contribution in [1.29, 1.82) is 0 Å². The molecule has 0 aromatic heterocycles. The Bertz CT molecular complexity index is 249. The molecule has 0 unspecified atom stereocenters. The fourth-order valence-corrected chi connectivity index (χ4v) is 1.04. The SMILES string of the molecule is C[C@H](N)C(=O)NCC(C)(C)CNC(=O)[C@H](C)N. The summed E-state index contributed by atoms with van der Waals surface area (Å²) in [5.41, 5.74) is 10.6. The average Bonchev–Trinajstić information content (AvgIpc) is 2.22. The minimum atomic E-state index is -0.524. The summed E-state index contributed by atoms with van der Waals surface area (Å²) in [6.07, 6.45) is 0. The van der Waals surface area contributed by atoms with Gasteiger partial charge in [-0.1, -0.05) is 13.8 Å². The predicted octanol–water partition coefficient (Wildman–Crippen LogP) is -1.06. The molecule has 0 aromatic carbocycles. The number of carbonyl (C=O) groups is 2. The topological polar surface area (TPSA) is 110 Å². The summed E-state index contributed by atoms with van der Waals surface area (Å²) in [5.74, 6) is -0.395. The van der Waals surface area contributed by atoms with Crippen LogP contribution in [0.1, 0.15) is 27.7 Å². The third kappa shape index (κ3) is 6.91. The first kappa shape index (κ1) is 15.9. The molecule has 17 heavy (non-hydrogen) atoms. The molecule has 0 saturated carbocycles. The van der Waals surface area contributed by atoms with E-state index in [1.54, 1.807) is 13.8 Å². The summed E-state index contributed by atoms with van der Waals surface area (Å²) in [6.45, 7) is 8.03. The standard InChI is InChI=1S/C11H24N4O2/c1-7(12)9(16)14-5-11(3,4)6-15-10(17)8(2)13/h7-8H,5-6,12-13H2,1-4H3,(H,14,16)(H,15,17)/t7-,8-/m0/s1. The van der Waals surface area contributed by atoms with Crippen molar-refractivity contribution in [3.05, 3.63) is 0 Å². The van der Waals surface area contributed by atoms with Crippen molar-refractivity contribution in [2.24, 2.45) is 16.9 Å². The van der Waals surface area contributed by atoms with Crippen molar-refractivity contribution in [1.82, 2.24) is 10.6 Å². The maximum Gasteiger partial charge on any atom is 0.236 e. The van der Waals surface area contributed by atoms with Gasteiger partial charge in [0.2, 0.25) is 11.8 Å². The van der Waals surface area contributed by atoms with Crippen LogP contribution in [0, 0.1) is 5.41 Å². The molecular weight excluding hydrogens is 220 g/mol. The normalized spacial score (nSPS) is 14.9. The Kier molecular flexibility index (Phi) is 6.12. The molecule has 100 valence electrons. The third-order valence-electron chi connectivity index (χ3n) is 2.31. The molecule has 0 heterocycles. The van der Waals surface area contributed by atoms with Gasteiger partial charge in [-0.25, -0.2) is 0 Å². The molecule has 0 spiro atoms. The summed E-state index contributed by atoms with van der Waals surface area (Å²) in [6, 6.07) is -1.05. The van der Waals surface area contributed by atoms with E-state index >= 15 is 0 Å². The van der Waals surface area contributed by atoms with Gasteiger partial charge in [-0.15, -0.1) is 0 Å². The molecule has 0 aliphatic rings. The maximum atomic E-state index is 11.3. The Labute approximate surface area is 102 Å². The van der Waals surface area contributed by atoms with Crippen LogP contribution in [0.25, 0.3) is 0 Å². The lowest BCUT2D eigenvalue weighted by atomic mass is 9.93. The molecule has 2 atom stereocenters. The molecule has 0 fully saturated rings. The number of carbonyl (C=O) groups excluding carboxylic acids is 2.